The van der Waals surface area contributed by atoms with E-state index in [1.54, 1.807) is 36.4 Å². The van der Waals surface area contributed by atoms with E-state index < -0.39 is 32.3 Å². The van der Waals surface area contributed by atoms with E-state index in [4.69, 9.17) is 32.7 Å². The van der Waals surface area contributed by atoms with Crippen LogP contribution in [0.1, 0.15) is 16.7 Å². The minimum Gasteiger partial charge on any atom is -0.495 e. The Hall–Kier alpha value is -4.65. The largest absolute Gasteiger partial charge is 0.495 e. The van der Waals surface area contributed by atoms with Gasteiger partial charge in [-0.1, -0.05) is 41.4 Å². The van der Waals surface area contributed by atoms with Crippen molar-refractivity contribution in [1.82, 2.24) is 5.43 Å². The highest BCUT2D eigenvalue weighted by atomic mass is 35.5. The van der Waals surface area contributed by atoms with E-state index >= 15 is 0 Å². The fourth-order valence-electron chi connectivity index (χ4n) is 3.97. The molecule has 4 aromatic carbocycles. The van der Waals surface area contributed by atoms with Crippen molar-refractivity contribution in [2.75, 3.05) is 18.0 Å². The summed E-state index contributed by atoms with van der Waals surface area (Å²) in [5, 5.41) is 16.2. The van der Waals surface area contributed by atoms with E-state index in [2.05, 4.69) is 10.5 Å². The van der Waals surface area contributed by atoms with Gasteiger partial charge in [-0.3, -0.25) is 19.2 Å². The van der Waals surface area contributed by atoms with Gasteiger partial charge in [0.1, 0.15) is 24.7 Å². The van der Waals surface area contributed by atoms with E-state index in [-0.39, 0.29) is 27.7 Å². The van der Waals surface area contributed by atoms with E-state index in [1.807, 2.05) is 12.1 Å². The summed E-state index contributed by atoms with van der Waals surface area (Å²) in [6.45, 7) is 1.10. The maximum absolute atomic E-state index is 13.8. The molecule has 0 fully saturated rings. The number of hydrogen-bond donors (Lipinski definition) is 1. The Morgan fingerprint density at radius 3 is 2.34 bits per heavy atom. The summed E-state index contributed by atoms with van der Waals surface area (Å²) in [5.74, 6) is -0.0700. The molecule has 0 saturated carbocycles. The molecule has 4 aromatic rings. The molecule has 1 N–H and O–H groups in total. The van der Waals surface area contributed by atoms with Gasteiger partial charge in [0.15, 0.2) is 0 Å². The molecule has 11 nitrogen and oxygen atoms in total. The third-order valence-electron chi connectivity index (χ3n) is 6.26. The maximum atomic E-state index is 13.8. The third kappa shape index (κ3) is 8.04. The number of nitro groups is 1. The van der Waals surface area contributed by atoms with Crippen LogP contribution in [0.2, 0.25) is 10.0 Å². The summed E-state index contributed by atoms with van der Waals surface area (Å²) in [6.07, 6.45) is 1.38. The van der Waals surface area contributed by atoms with Crippen LogP contribution in [0.5, 0.6) is 11.5 Å². The third-order valence-corrected chi connectivity index (χ3v) is 8.51. The molecule has 0 radical (unpaired) electrons. The van der Waals surface area contributed by atoms with Crippen molar-refractivity contribution in [3.63, 3.8) is 0 Å². The number of nitrogens with zero attached hydrogens (tertiary/aromatic N) is 3. The first-order chi connectivity index (χ1) is 21.0. The molecule has 4 rings (SSSR count). The molecular weight excluding hydrogens is 631 g/mol. The van der Waals surface area contributed by atoms with Gasteiger partial charge in [-0.05, 0) is 78.7 Å². The first-order valence-electron chi connectivity index (χ1n) is 12.9. The van der Waals surface area contributed by atoms with Crippen molar-refractivity contribution in [2.24, 2.45) is 5.10 Å². The van der Waals surface area contributed by atoms with Gasteiger partial charge in [0.2, 0.25) is 0 Å². The number of carbonyl (C=O) groups is 1. The molecule has 0 aliphatic heterocycles. The lowest BCUT2D eigenvalue weighted by Gasteiger charge is -2.25. The molecule has 0 bridgehead atoms. The van der Waals surface area contributed by atoms with E-state index in [1.165, 1.54) is 50.6 Å². The number of aryl methyl sites for hydroxylation is 1. The number of ether oxygens (including phenoxy) is 2. The molecule has 14 heteroatoms. The molecule has 0 atom stereocenters. The monoisotopic (exact) mass is 656 g/mol. The number of sulfonamides is 1. The first kappa shape index (κ1) is 32.3. The zero-order chi connectivity index (χ0) is 31.9. The molecule has 0 saturated heterocycles. The highest BCUT2D eigenvalue weighted by molar-refractivity contribution is 7.92. The SMILES string of the molecule is COc1ccc(Cl)cc1N(CC(=O)N/N=C\c1ccc(OCc2ccc(Cl)cc2)cc1)S(=O)(=O)c1ccc(C)c([N+](=O)[O-])c1. The molecule has 228 valence electrons. The Kier molecular flexibility index (Phi) is 10.4. The lowest BCUT2D eigenvalue weighted by molar-refractivity contribution is -0.385. The Morgan fingerprint density at radius 2 is 1.68 bits per heavy atom. The van der Waals surface area contributed by atoms with Crippen molar-refractivity contribution in [3.05, 3.63) is 122 Å². The smallest absolute Gasteiger partial charge is 0.273 e. The van der Waals surface area contributed by atoms with Crippen molar-refractivity contribution in [2.45, 2.75) is 18.4 Å². The lowest BCUT2D eigenvalue weighted by Crippen LogP contribution is -2.39. The summed E-state index contributed by atoms with van der Waals surface area (Å²) in [7, 11) is -3.20. The molecule has 0 spiro atoms. The second-order valence-electron chi connectivity index (χ2n) is 9.31. The summed E-state index contributed by atoms with van der Waals surface area (Å²) in [5.41, 5.74) is 3.74. The van der Waals surface area contributed by atoms with Crippen molar-refractivity contribution >= 4 is 56.7 Å². The summed E-state index contributed by atoms with van der Waals surface area (Å²) in [4.78, 5) is 23.4. The number of nitro benzene ring substituents is 1. The maximum Gasteiger partial charge on any atom is 0.273 e. The minimum absolute atomic E-state index is 0.0449. The van der Waals surface area contributed by atoms with Crippen molar-refractivity contribution in [3.8, 4) is 11.5 Å². The van der Waals surface area contributed by atoms with Crippen LogP contribution in [0.25, 0.3) is 0 Å². The molecule has 0 heterocycles. The highest BCUT2D eigenvalue weighted by Crippen LogP contribution is 2.35. The van der Waals surface area contributed by atoms with Crippen LogP contribution in [0.4, 0.5) is 11.4 Å². The summed E-state index contributed by atoms with van der Waals surface area (Å²) < 4.78 is 39.4. The zero-order valence-corrected chi connectivity index (χ0v) is 25.8. The fourth-order valence-corrected chi connectivity index (χ4v) is 5.71. The Morgan fingerprint density at radius 1 is 1.00 bits per heavy atom. The number of nitrogens with one attached hydrogen (secondary N) is 1. The summed E-state index contributed by atoms with van der Waals surface area (Å²) >= 11 is 12.1. The lowest BCUT2D eigenvalue weighted by atomic mass is 10.2. The fraction of sp³-hybridized carbons (Fsp3) is 0.133. The highest BCUT2D eigenvalue weighted by Gasteiger charge is 2.31. The average Bonchev–Trinajstić information content (AvgIpc) is 3.00. The number of hydrogen-bond acceptors (Lipinski definition) is 8. The topological polar surface area (TPSA) is 140 Å². The second-order valence-corrected chi connectivity index (χ2v) is 12.0. The van der Waals surface area contributed by atoms with Gasteiger partial charge in [0.05, 0.1) is 28.8 Å². The quantitative estimate of drug-likeness (QED) is 0.110. The molecule has 0 aliphatic rings. The normalized spacial score (nSPS) is 11.3. The second kappa shape index (κ2) is 14.2. The van der Waals surface area contributed by atoms with E-state index in [0.29, 0.717) is 22.9 Å². The van der Waals surface area contributed by atoms with Gasteiger partial charge in [-0.15, -0.1) is 0 Å². The van der Waals surface area contributed by atoms with Gasteiger partial charge in [0.25, 0.3) is 21.6 Å². The van der Waals surface area contributed by atoms with Crippen LogP contribution in [-0.2, 0) is 21.4 Å². The number of amides is 1. The predicted octanol–water partition coefficient (Wildman–Crippen LogP) is 6.14. The Bertz CT molecular complexity index is 1800. The van der Waals surface area contributed by atoms with Gasteiger partial charge in [0, 0.05) is 21.7 Å². The number of hydrazone groups is 1. The predicted molar refractivity (Wildman–Crippen MR) is 168 cm³/mol. The van der Waals surface area contributed by atoms with E-state index in [9.17, 15) is 23.3 Å². The molecule has 44 heavy (non-hydrogen) atoms. The van der Waals surface area contributed by atoms with Gasteiger partial charge in [-0.25, -0.2) is 13.8 Å². The summed E-state index contributed by atoms with van der Waals surface area (Å²) in [6, 6.07) is 21.9. The Balaban J connectivity index is 1.50. The number of carbonyl (C=O) groups excluding carboxylic acids is 1. The number of benzene rings is 4. The van der Waals surface area contributed by atoms with Crippen LogP contribution < -0.4 is 19.2 Å². The zero-order valence-electron chi connectivity index (χ0n) is 23.4. The molecule has 1 amide bonds. The minimum atomic E-state index is -4.52. The van der Waals surface area contributed by atoms with Gasteiger partial charge < -0.3 is 9.47 Å². The molecule has 0 unspecified atom stereocenters. The number of rotatable bonds is 12. The van der Waals surface area contributed by atoms with Crippen molar-refractivity contribution < 1.29 is 27.6 Å². The van der Waals surface area contributed by atoms with Crippen LogP contribution in [0.15, 0.2) is 94.9 Å². The first-order valence-corrected chi connectivity index (χ1v) is 15.1. The van der Waals surface area contributed by atoms with Crippen LogP contribution in [0, 0.1) is 17.0 Å². The van der Waals surface area contributed by atoms with Gasteiger partial charge >= 0.3 is 0 Å². The van der Waals surface area contributed by atoms with Crippen LogP contribution in [0.3, 0.4) is 0 Å². The van der Waals surface area contributed by atoms with Crippen molar-refractivity contribution in [1.29, 1.82) is 0 Å². The van der Waals surface area contributed by atoms with Gasteiger partial charge in [-0.2, -0.15) is 5.10 Å². The van der Waals surface area contributed by atoms with E-state index in [0.717, 1.165) is 15.9 Å². The number of halogens is 2. The molecular formula is C30H26Cl2N4O7S. The average molecular weight is 658 g/mol. The number of methoxy groups -OCH3 is 1. The van der Waals surface area contributed by atoms with Crippen LogP contribution >= 0.6 is 23.2 Å². The molecule has 0 aromatic heterocycles. The van der Waals surface area contributed by atoms with Crippen LogP contribution in [-0.4, -0.2) is 39.1 Å². The number of anilines is 1. The molecule has 0 aliphatic carbocycles. The standard InChI is InChI=1S/C30H26Cl2N4O7S/c1-20-3-13-26(16-27(20)36(38)39)44(40,41)35(28-15-24(32)10-14-29(28)42-2)18-30(37)34-33-17-21-6-11-25(12-7-21)43-19-22-4-8-23(31)9-5-22/h3-17H,18-19H2,1-2H3,(H,34,37)/b33-17-. The Labute approximate surface area is 263 Å².